The summed E-state index contributed by atoms with van der Waals surface area (Å²) in [5.41, 5.74) is 5.07. The molecule has 0 saturated carbocycles. The highest BCUT2D eigenvalue weighted by atomic mass is 15.3. The number of rotatable bonds is 4. The molecule has 5 nitrogen and oxygen atoms in total. The average Bonchev–Trinajstić information content (AvgIpc) is 2.78. The Kier molecular flexibility index (Phi) is 3.64. The topological polar surface area (TPSA) is 59.1 Å². The molecular weight excluding hydrogens is 226 g/mol. The first kappa shape index (κ1) is 12.6. The van der Waals surface area contributed by atoms with Gasteiger partial charge in [0.15, 0.2) is 0 Å². The maximum Gasteiger partial charge on any atom is 0.131 e. The van der Waals surface area contributed by atoms with Gasteiger partial charge < -0.3 is 9.47 Å². The number of nitrogens with zero attached hydrogens (tertiary/aromatic N) is 3. The molecular formula is C13H19N5. The Morgan fingerprint density at radius 1 is 1.28 bits per heavy atom. The molecule has 3 N–H and O–H groups in total. The average molecular weight is 245 g/mol. The van der Waals surface area contributed by atoms with Crippen molar-refractivity contribution in [1.82, 2.24) is 15.0 Å². The molecule has 0 bridgehead atoms. The normalized spacial score (nSPS) is 12.4. The number of aromatic nitrogens is 2. The van der Waals surface area contributed by atoms with E-state index in [1.807, 2.05) is 31.9 Å². The van der Waals surface area contributed by atoms with Crippen LogP contribution in [0, 0.1) is 0 Å². The van der Waals surface area contributed by atoms with Gasteiger partial charge in [-0.15, -0.1) is 0 Å². The van der Waals surface area contributed by atoms with Gasteiger partial charge in [0.25, 0.3) is 0 Å². The van der Waals surface area contributed by atoms with Crippen molar-refractivity contribution >= 4 is 5.69 Å². The summed E-state index contributed by atoms with van der Waals surface area (Å²) < 4.78 is 1.96. The van der Waals surface area contributed by atoms with E-state index in [0.717, 1.165) is 17.1 Å². The molecule has 0 radical (unpaired) electrons. The monoisotopic (exact) mass is 245 g/mol. The predicted molar refractivity (Wildman–Crippen MR) is 73.1 cm³/mol. The number of hydrogen-bond donors (Lipinski definition) is 2. The maximum absolute atomic E-state index is 5.65. The highest BCUT2D eigenvalue weighted by Crippen LogP contribution is 2.22. The van der Waals surface area contributed by atoms with Crippen molar-refractivity contribution in [2.24, 2.45) is 12.9 Å². The summed E-state index contributed by atoms with van der Waals surface area (Å²) in [6.45, 7) is 0. The third kappa shape index (κ3) is 2.37. The molecule has 1 unspecified atom stereocenters. The Morgan fingerprint density at radius 3 is 2.39 bits per heavy atom. The zero-order valence-electron chi connectivity index (χ0n) is 11.0. The molecule has 0 spiro atoms. The zero-order chi connectivity index (χ0) is 13.1. The Bertz CT molecular complexity index is 500. The van der Waals surface area contributed by atoms with Crippen LogP contribution in [0.2, 0.25) is 0 Å². The van der Waals surface area contributed by atoms with Crippen LogP contribution in [0.3, 0.4) is 0 Å². The first-order valence-corrected chi connectivity index (χ1v) is 5.84. The number of imidazole rings is 1. The third-order valence-corrected chi connectivity index (χ3v) is 3.03. The summed E-state index contributed by atoms with van der Waals surface area (Å²) in [6, 6.07) is 8.18. The highest BCUT2D eigenvalue weighted by molar-refractivity contribution is 5.47. The fraction of sp³-hybridized carbons (Fsp3) is 0.308. The molecule has 18 heavy (non-hydrogen) atoms. The molecule has 0 aliphatic heterocycles. The summed E-state index contributed by atoms with van der Waals surface area (Å²) in [6.07, 6.45) is 3.68. The van der Waals surface area contributed by atoms with Crippen molar-refractivity contribution in [3.05, 3.63) is 48.0 Å². The molecule has 1 heterocycles. The van der Waals surface area contributed by atoms with Gasteiger partial charge in [0.1, 0.15) is 11.9 Å². The minimum Gasteiger partial charge on any atom is -0.378 e. The maximum atomic E-state index is 5.65. The van der Waals surface area contributed by atoms with E-state index in [9.17, 15) is 0 Å². The smallest absolute Gasteiger partial charge is 0.131 e. The summed E-state index contributed by atoms with van der Waals surface area (Å²) in [5, 5.41) is 0. The molecule has 2 rings (SSSR count). The molecule has 0 aliphatic rings. The van der Waals surface area contributed by atoms with Crippen LogP contribution in [0.1, 0.15) is 17.4 Å². The largest absolute Gasteiger partial charge is 0.378 e. The number of anilines is 1. The molecule has 2 aromatic rings. The standard InChI is InChI=1S/C13H19N5/c1-17(2)11-6-4-10(5-7-11)12(16-14)13-15-8-9-18(13)3/h4-9,12,16H,14H2,1-3H3. The lowest BCUT2D eigenvalue weighted by molar-refractivity contribution is 0.580. The van der Waals surface area contributed by atoms with E-state index < -0.39 is 0 Å². The van der Waals surface area contributed by atoms with Crippen LogP contribution in [0.15, 0.2) is 36.7 Å². The Morgan fingerprint density at radius 2 is 1.94 bits per heavy atom. The van der Waals surface area contributed by atoms with Crippen molar-refractivity contribution in [2.45, 2.75) is 6.04 Å². The van der Waals surface area contributed by atoms with E-state index in [4.69, 9.17) is 5.84 Å². The van der Waals surface area contributed by atoms with Gasteiger partial charge in [0, 0.05) is 39.2 Å². The lowest BCUT2D eigenvalue weighted by Crippen LogP contribution is -2.30. The molecule has 1 aromatic heterocycles. The Balaban J connectivity index is 2.31. The van der Waals surface area contributed by atoms with Gasteiger partial charge in [0.05, 0.1) is 0 Å². The highest BCUT2D eigenvalue weighted by Gasteiger charge is 2.16. The summed E-state index contributed by atoms with van der Waals surface area (Å²) in [7, 11) is 6.00. The van der Waals surface area contributed by atoms with E-state index in [-0.39, 0.29) is 6.04 Å². The van der Waals surface area contributed by atoms with Crippen LogP contribution in [-0.4, -0.2) is 23.6 Å². The number of nitrogens with one attached hydrogen (secondary N) is 1. The van der Waals surface area contributed by atoms with Crippen LogP contribution >= 0.6 is 0 Å². The van der Waals surface area contributed by atoms with Crippen molar-refractivity contribution < 1.29 is 0 Å². The summed E-state index contributed by atoms with van der Waals surface area (Å²) >= 11 is 0. The first-order chi connectivity index (χ1) is 8.63. The van der Waals surface area contributed by atoms with Gasteiger partial charge in [-0.25, -0.2) is 10.4 Å². The molecule has 1 atom stereocenters. The van der Waals surface area contributed by atoms with Crippen LogP contribution in [0.25, 0.3) is 0 Å². The summed E-state index contributed by atoms with van der Waals surface area (Å²) in [4.78, 5) is 6.40. The molecule has 0 aliphatic carbocycles. The minimum atomic E-state index is -0.0961. The fourth-order valence-electron chi connectivity index (χ4n) is 1.94. The molecule has 1 aromatic carbocycles. The van der Waals surface area contributed by atoms with E-state index in [0.29, 0.717) is 0 Å². The van der Waals surface area contributed by atoms with E-state index in [2.05, 4.69) is 39.6 Å². The van der Waals surface area contributed by atoms with E-state index in [1.165, 1.54) is 0 Å². The minimum absolute atomic E-state index is 0.0961. The second-order valence-corrected chi connectivity index (χ2v) is 4.48. The number of benzene rings is 1. The molecule has 0 saturated heterocycles. The van der Waals surface area contributed by atoms with Crippen molar-refractivity contribution in [3.8, 4) is 0 Å². The van der Waals surface area contributed by atoms with Crippen LogP contribution in [0.5, 0.6) is 0 Å². The molecule has 0 amide bonds. The molecule has 0 fully saturated rings. The zero-order valence-corrected chi connectivity index (χ0v) is 11.0. The van der Waals surface area contributed by atoms with Crippen LogP contribution in [-0.2, 0) is 7.05 Å². The lowest BCUT2D eigenvalue weighted by atomic mass is 10.1. The van der Waals surface area contributed by atoms with Gasteiger partial charge in [0.2, 0.25) is 0 Å². The second-order valence-electron chi connectivity index (χ2n) is 4.48. The Hall–Kier alpha value is -1.85. The number of aryl methyl sites for hydroxylation is 1. The van der Waals surface area contributed by atoms with Crippen LogP contribution < -0.4 is 16.2 Å². The van der Waals surface area contributed by atoms with Gasteiger partial charge in [-0.1, -0.05) is 12.1 Å². The number of nitrogens with two attached hydrogens (primary N) is 1. The fourth-order valence-corrected chi connectivity index (χ4v) is 1.94. The van der Waals surface area contributed by atoms with Crippen molar-refractivity contribution in [1.29, 1.82) is 0 Å². The molecule has 96 valence electrons. The molecule has 5 heteroatoms. The van der Waals surface area contributed by atoms with Crippen LogP contribution in [0.4, 0.5) is 5.69 Å². The van der Waals surface area contributed by atoms with Gasteiger partial charge in [-0.3, -0.25) is 5.84 Å². The van der Waals surface area contributed by atoms with Crippen molar-refractivity contribution in [3.63, 3.8) is 0 Å². The second kappa shape index (κ2) is 5.20. The summed E-state index contributed by atoms with van der Waals surface area (Å²) in [5.74, 6) is 6.55. The van der Waals surface area contributed by atoms with E-state index in [1.54, 1.807) is 6.20 Å². The van der Waals surface area contributed by atoms with Gasteiger partial charge in [-0.05, 0) is 17.7 Å². The quantitative estimate of drug-likeness (QED) is 0.624. The number of hydrazine groups is 1. The predicted octanol–water partition coefficient (Wildman–Crippen LogP) is 1.04. The lowest BCUT2D eigenvalue weighted by Gasteiger charge is -2.18. The van der Waals surface area contributed by atoms with Crippen molar-refractivity contribution in [2.75, 3.05) is 19.0 Å². The first-order valence-electron chi connectivity index (χ1n) is 5.84. The van der Waals surface area contributed by atoms with Gasteiger partial charge in [-0.2, -0.15) is 0 Å². The third-order valence-electron chi connectivity index (χ3n) is 3.03. The SMILES string of the molecule is CN(C)c1ccc(C(NN)c2nccn2C)cc1. The Labute approximate surface area is 107 Å². The van der Waals surface area contributed by atoms with E-state index >= 15 is 0 Å². The number of hydrogen-bond acceptors (Lipinski definition) is 4. The van der Waals surface area contributed by atoms with Gasteiger partial charge >= 0.3 is 0 Å².